The Morgan fingerprint density at radius 1 is 1.57 bits per heavy atom. The third-order valence-corrected chi connectivity index (χ3v) is 4.33. The molecule has 2 N–H and O–H groups in total. The largest absolute Gasteiger partial charge is 0.379 e. The Labute approximate surface area is 144 Å². The molecule has 0 saturated heterocycles. The van der Waals surface area contributed by atoms with E-state index in [9.17, 15) is 4.79 Å². The second-order valence-electron chi connectivity index (χ2n) is 5.35. The Kier molecular flexibility index (Phi) is 6.94. The second-order valence-corrected chi connectivity index (χ2v) is 6.69. The van der Waals surface area contributed by atoms with Crippen molar-refractivity contribution in [3.63, 3.8) is 0 Å². The van der Waals surface area contributed by atoms with Gasteiger partial charge in [-0.25, -0.2) is 0 Å². The normalized spacial score (nSPS) is 11.1. The zero-order valence-electron chi connectivity index (χ0n) is 13.4. The summed E-state index contributed by atoms with van der Waals surface area (Å²) in [6.45, 7) is 5.79. The van der Waals surface area contributed by atoms with Crippen LogP contribution in [0.3, 0.4) is 0 Å². The fourth-order valence-corrected chi connectivity index (χ4v) is 2.99. The minimum absolute atomic E-state index is 0.00905. The molecule has 23 heavy (non-hydrogen) atoms. The molecular weight excluding hydrogens is 332 g/mol. The zero-order chi connectivity index (χ0) is 16.7. The van der Waals surface area contributed by atoms with Gasteiger partial charge in [0.1, 0.15) is 0 Å². The molecule has 0 fully saturated rings. The van der Waals surface area contributed by atoms with Gasteiger partial charge in [-0.15, -0.1) is 11.3 Å². The third kappa shape index (κ3) is 5.56. The first-order valence-electron chi connectivity index (χ1n) is 7.65. The molecule has 8 heteroatoms. The van der Waals surface area contributed by atoms with E-state index in [2.05, 4.69) is 15.5 Å². The summed E-state index contributed by atoms with van der Waals surface area (Å²) in [7, 11) is 0. The second kappa shape index (κ2) is 8.95. The number of aromatic amines is 1. The summed E-state index contributed by atoms with van der Waals surface area (Å²) in [5.41, 5.74) is 0. The number of aromatic nitrogens is 3. The van der Waals surface area contributed by atoms with Crippen molar-refractivity contribution in [2.75, 3.05) is 13.2 Å². The van der Waals surface area contributed by atoms with Gasteiger partial charge in [0, 0.05) is 26.1 Å². The van der Waals surface area contributed by atoms with Gasteiger partial charge in [0.25, 0.3) is 0 Å². The van der Waals surface area contributed by atoms with Crippen molar-refractivity contribution >= 4 is 29.5 Å². The molecule has 0 saturated carbocycles. The van der Waals surface area contributed by atoms with E-state index in [0.29, 0.717) is 30.9 Å². The number of nitrogens with one attached hydrogen (secondary N) is 2. The van der Waals surface area contributed by atoms with Crippen molar-refractivity contribution < 1.29 is 9.53 Å². The highest BCUT2D eigenvalue weighted by Crippen LogP contribution is 2.22. The van der Waals surface area contributed by atoms with E-state index < -0.39 is 0 Å². The van der Waals surface area contributed by atoms with Gasteiger partial charge in [-0.1, -0.05) is 6.07 Å². The summed E-state index contributed by atoms with van der Waals surface area (Å²) < 4.78 is 7.83. The van der Waals surface area contributed by atoms with Gasteiger partial charge in [0.2, 0.25) is 5.91 Å². The van der Waals surface area contributed by atoms with Crippen LogP contribution in [0, 0.1) is 4.77 Å². The maximum atomic E-state index is 11.9. The lowest BCUT2D eigenvalue weighted by molar-refractivity contribution is -0.121. The molecule has 0 aliphatic carbocycles. The SMILES string of the molecule is CC(C)OCCCNC(=O)CCn1c(-c2cccs2)n[nH]c1=S. The van der Waals surface area contributed by atoms with Crippen LogP contribution < -0.4 is 5.32 Å². The van der Waals surface area contributed by atoms with Crippen LogP contribution in [0.15, 0.2) is 17.5 Å². The lowest BCUT2D eigenvalue weighted by Gasteiger charge is -2.09. The molecule has 0 unspecified atom stereocenters. The van der Waals surface area contributed by atoms with Crippen LogP contribution >= 0.6 is 23.6 Å². The van der Waals surface area contributed by atoms with Gasteiger partial charge in [-0.3, -0.25) is 14.5 Å². The van der Waals surface area contributed by atoms with Crippen molar-refractivity contribution in [1.82, 2.24) is 20.1 Å². The van der Waals surface area contributed by atoms with E-state index >= 15 is 0 Å². The molecule has 1 amide bonds. The number of carbonyl (C=O) groups excluding carboxylic acids is 1. The highest BCUT2D eigenvalue weighted by Gasteiger charge is 2.11. The van der Waals surface area contributed by atoms with Gasteiger partial charge in [-0.2, -0.15) is 5.10 Å². The number of hydrogen-bond acceptors (Lipinski definition) is 5. The summed E-state index contributed by atoms with van der Waals surface area (Å²) in [5.74, 6) is 0.790. The fraction of sp³-hybridized carbons (Fsp3) is 0.533. The average molecular weight is 355 g/mol. The third-order valence-electron chi connectivity index (χ3n) is 3.16. The molecular formula is C15H22N4O2S2. The summed E-state index contributed by atoms with van der Waals surface area (Å²) in [4.78, 5) is 12.9. The molecule has 2 rings (SSSR count). The predicted molar refractivity (Wildman–Crippen MR) is 94.1 cm³/mol. The van der Waals surface area contributed by atoms with E-state index in [1.165, 1.54) is 0 Å². The highest BCUT2D eigenvalue weighted by atomic mass is 32.1. The van der Waals surface area contributed by atoms with Crippen molar-refractivity contribution in [2.45, 2.75) is 39.3 Å². The van der Waals surface area contributed by atoms with Crippen LogP contribution in [0.5, 0.6) is 0 Å². The lowest BCUT2D eigenvalue weighted by atomic mass is 10.3. The topological polar surface area (TPSA) is 71.9 Å². The molecule has 126 valence electrons. The van der Waals surface area contributed by atoms with Gasteiger partial charge in [0.05, 0.1) is 11.0 Å². The van der Waals surface area contributed by atoms with E-state index in [0.717, 1.165) is 17.1 Å². The van der Waals surface area contributed by atoms with Crippen molar-refractivity contribution in [3.8, 4) is 10.7 Å². The molecule has 0 aliphatic rings. The van der Waals surface area contributed by atoms with Crippen LogP contribution in [0.1, 0.15) is 26.7 Å². The molecule has 0 radical (unpaired) electrons. The van der Waals surface area contributed by atoms with E-state index in [1.54, 1.807) is 11.3 Å². The number of carbonyl (C=O) groups is 1. The van der Waals surface area contributed by atoms with Crippen molar-refractivity contribution in [2.24, 2.45) is 0 Å². The Morgan fingerprint density at radius 3 is 3.09 bits per heavy atom. The van der Waals surface area contributed by atoms with Crippen LogP contribution in [0.25, 0.3) is 10.7 Å². The number of ether oxygens (including phenoxy) is 1. The van der Waals surface area contributed by atoms with E-state index in [1.807, 2.05) is 35.9 Å². The Bertz CT molecular complexity index is 661. The molecule has 0 spiro atoms. The molecule has 6 nitrogen and oxygen atoms in total. The molecule has 0 atom stereocenters. The number of rotatable bonds is 9. The Hall–Kier alpha value is -1.51. The maximum Gasteiger partial charge on any atom is 0.221 e. The van der Waals surface area contributed by atoms with E-state index in [4.69, 9.17) is 17.0 Å². The van der Waals surface area contributed by atoms with Gasteiger partial charge in [0.15, 0.2) is 10.6 Å². The average Bonchev–Trinajstić information content (AvgIpc) is 3.14. The number of nitrogens with zero attached hydrogens (tertiary/aromatic N) is 2. The number of amides is 1. The molecule has 0 aromatic carbocycles. The Balaban J connectivity index is 1.79. The van der Waals surface area contributed by atoms with Crippen molar-refractivity contribution in [1.29, 1.82) is 0 Å². The van der Waals surface area contributed by atoms with Gasteiger partial charge >= 0.3 is 0 Å². The number of H-pyrrole nitrogens is 1. The van der Waals surface area contributed by atoms with Crippen LogP contribution in [0.2, 0.25) is 0 Å². The minimum atomic E-state index is 0.00905. The van der Waals surface area contributed by atoms with Crippen LogP contribution in [-0.4, -0.2) is 39.9 Å². The number of thiophene rings is 1. The van der Waals surface area contributed by atoms with Gasteiger partial charge in [-0.05, 0) is 43.9 Å². The molecule has 2 aromatic heterocycles. The zero-order valence-corrected chi connectivity index (χ0v) is 15.0. The summed E-state index contributed by atoms with van der Waals surface area (Å²) in [6.07, 6.45) is 1.41. The minimum Gasteiger partial charge on any atom is -0.379 e. The first-order chi connectivity index (χ1) is 11.1. The molecule has 0 bridgehead atoms. The first-order valence-corrected chi connectivity index (χ1v) is 8.94. The Morgan fingerprint density at radius 2 is 2.39 bits per heavy atom. The summed E-state index contributed by atoms with van der Waals surface area (Å²) in [5, 5.41) is 11.9. The quantitative estimate of drug-likeness (QED) is 0.536. The maximum absolute atomic E-state index is 11.9. The molecule has 2 heterocycles. The van der Waals surface area contributed by atoms with Crippen LogP contribution in [-0.2, 0) is 16.1 Å². The molecule has 0 aliphatic heterocycles. The van der Waals surface area contributed by atoms with E-state index in [-0.39, 0.29) is 12.0 Å². The standard InChI is InChI=1S/C15H22N4O2S2/c1-11(2)21-9-4-7-16-13(20)6-8-19-14(17-18-15(19)22)12-5-3-10-23-12/h3,5,10-11H,4,6-9H2,1-2H3,(H,16,20)(H,18,22). The van der Waals surface area contributed by atoms with Crippen LogP contribution in [0.4, 0.5) is 0 Å². The fourth-order valence-electron chi connectivity index (χ4n) is 2.04. The number of hydrogen-bond donors (Lipinski definition) is 2. The lowest BCUT2D eigenvalue weighted by Crippen LogP contribution is -2.26. The van der Waals surface area contributed by atoms with Gasteiger partial charge < -0.3 is 10.1 Å². The summed E-state index contributed by atoms with van der Waals surface area (Å²) in [6, 6.07) is 3.95. The van der Waals surface area contributed by atoms with Crippen molar-refractivity contribution in [3.05, 3.63) is 22.3 Å². The highest BCUT2D eigenvalue weighted by molar-refractivity contribution is 7.71. The molecule has 2 aromatic rings. The first kappa shape index (κ1) is 17.8. The monoisotopic (exact) mass is 354 g/mol. The predicted octanol–water partition coefficient (Wildman–Crippen LogP) is 2.99. The smallest absolute Gasteiger partial charge is 0.221 e. The summed E-state index contributed by atoms with van der Waals surface area (Å²) >= 11 is 6.84.